The molecule has 0 aromatic carbocycles. The van der Waals surface area contributed by atoms with Crippen LogP contribution in [0.1, 0.15) is 19.3 Å². The molecule has 1 aliphatic carbocycles. The number of carbonyl (C=O) groups excluding carboxylic acids is 1. The molecule has 2 saturated heterocycles. The van der Waals surface area contributed by atoms with Crippen molar-refractivity contribution in [2.24, 2.45) is 11.8 Å². The van der Waals surface area contributed by atoms with Crippen LogP contribution in [0.15, 0.2) is 0 Å². The van der Waals surface area contributed by atoms with E-state index in [1.807, 2.05) is 0 Å². The normalized spacial score (nSPS) is 40.0. The van der Waals surface area contributed by atoms with Crippen LogP contribution in [-0.2, 0) is 4.79 Å². The quantitative estimate of drug-likeness (QED) is 0.729. The van der Waals surface area contributed by atoms with Crippen molar-refractivity contribution in [1.29, 1.82) is 0 Å². The highest BCUT2D eigenvalue weighted by molar-refractivity contribution is 5.79. The maximum atomic E-state index is 12.6. The number of amides is 1. The van der Waals surface area contributed by atoms with E-state index in [1.165, 1.54) is 0 Å². The molecule has 0 bridgehead atoms. The highest BCUT2D eigenvalue weighted by Crippen LogP contribution is 2.42. The first-order valence-corrected chi connectivity index (χ1v) is 5.93. The maximum Gasteiger partial charge on any atom is 0.248 e. The first-order chi connectivity index (χ1) is 7.53. The molecule has 5 heteroatoms. The zero-order valence-corrected chi connectivity index (χ0v) is 9.09. The molecule has 0 aromatic heterocycles. The highest BCUT2D eigenvalue weighted by Gasteiger charge is 2.47. The third-order valence-electron chi connectivity index (χ3n) is 3.95. The predicted molar refractivity (Wildman–Crippen MR) is 54.1 cm³/mol. The summed E-state index contributed by atoms with van der Waals surface area (Å²) in [5, 5.41) is 2.81. The van der Waals surface area contributed by atoms with Gasteiger partial charge in [0.15, 0.2) is 0 Å². The zero-order valence-electron chi connectivity index (χ0n) is 9.09. The third kappa shape index (κ3) is 1.93. The number of alkyl halides is 2. The maximum absolute atomic E-state index is 12.6. The second-order valence-electron chi connectivity index (χ2n) is 5.42. The summed E-state index contributed by atoms with van der Waals surface area (Å²) in [6, 6.07) is 0.629. The monoisotopic (exact) mass is 230 g/mol. The Morgan fingerprint density at radius 1 is 1.38 bits per heavy atom. The van der Waals surface area contributed by atoms with Crippen LogP contribution in [0.4, 0.5) is 8.78 Å². The van der Waals surface area contributed by atoms with Gasteiger partial charge in [0, 0.05) is 38.5 Å². The lowest BCUT2D eigenvalue weighted by molar-refractivity contribution is -0.129. The topological polar surface area (TPSA) is 32.1 Å². The first kappa shape index (κ1) is 10.4. The molecule has 3 unspecified atom stereocenters. The Kier molecular flexibility index (Phi) is 2.21. The molecule has 1 N–H and O–H groups in total. The van der Waals surface area contributed by atoms with Gasteiger partial charge in [0.05, 0.1) is 5.92 Å². The number of halogens is 2. The van der Waals surface area contributed by atoms with E-state index < -0.39 is 5.92 Å². The average molecular weight is 230 g/mol. The second kappa shape index (κ2) is 3.39. The molecule has 90 valence electrons. The Labute approximate surface area is 93.2 Å². The Morgan fingerprint density at radius 3 is 2.69 bits per heavy atom. The molecular formula is C11H16F2N2O. The standard InChI is InChI=1S/C11H16F2N2O/c12-11(13)2-7(3-11)4-14-10(16)8-1-9-6-15(9)5-8/h7-9H,1-6H2,(H,14,16). The molecular weight excluding hydrogens is 214 g/mol. The van der Waals surface area contributed by atoms with Gasteiger partial charge in [-0.05, 0) is 12.3 Å². The van der Waals surface area contributed by atoms with Crippen molar-refractivity contribution in [3.8, 4) is 0 Å². The summed E-state index contributed by atoms with van der Waals surface area (Å²) in [6.07, 6.45) is 0.825. The van der Waals surface area contributed by atoms with Crippen molar-refractivity contribution in [1.82, 2.24) is 10.2 Å². The molecule has 0 radical (unpaired) electrons. The van der Waals surface area contributed by atoms with E-state index >= 15 is 0 Å². The van der Waals surface area contributed by atoms with Gasteiger partial charge >= 0.3 is 0 Å². The van der Waals surface area contributed by atoms with Crippen LogP contribution < -0.4 is 5.32 Å². The second-order valence-corrected chi connectivity index (χ2v) is 5.42. The molecule has 16 heavy (non-hydrogen) atoms. The fourth-order valence-corrected chi connectivity index (χ4v) is 2.87. The average Bonchev–Trinajstić information content (AvgIpc) is 2.79. The molecule has 0 spiro atoms. The fraction of sp³-hybridized carbons (Fsp3) is 0.909. The van der Waals surface area contributed by atoms with E-state index in [-0.39, 0.29) is 30.6 Å². The Hall–Kier alpha value is -0.710. The van der Waals surface area contributed by atoms with E-state index in [0.29, 0.717) is 12.6 Å². The minimum Gasteiger partial charge on any atom is -0.356 e. The van der Waals surface area contributed by atoms with Crippen molar-refractivity contribution in [3.63, 3.8) is 0 Å². The molecule has 3 fully saturated rings. The van der Waals surface area contributed by atoms with Crippen LogP contribution in [0.2, 0.25) is 0 Å². The van der Waals surface area contributed by atoms with Crippen molar-refractivity contribution < 1.29 is 13.6 Å². The Bertz CT molecular complexity index is 303. The summed E-state index contributed by atoms with van der Waals surface area (Å²) in [6.45, 7) is 2.42. The lowest BCUT2D eigenvalue weighted by Gasteiger charge is -2.35. The number of carbonyl (C=O) groups is 1. The van der Waals surface area contributed by atoms with Crippen LogP contribution >= 0.6 is 0 Å². The lowest BCUT2D eigenvalue weighted by Crippen LogP contribution is -2.44. The molecule has 1 amide bonds. The van der Waals surface area contributed by atoms with Gasteiger partial charge in [-0.3, -0.25) is 9.69 Å². The van der Waals surface area contributed by atoms with Gasteiger partial charge in [-0.1, -0.05) is 0 Å². The third-order valence-corrected chi connectivity index (χ3v) is 3.95. The Morgan fingerprint density at radius 2 is 2.12 bits per heavy atom. The summed E-state index contributed by atoms with van der Waals surface area (Å²) in [4.78, 5) is 14.0. The minimum atomic E-state index is -2.48. The Balaban J connectivity index is 1.38. The molecule has 3 rings (SSSR count). The molecule has 1 saturated carbocycles. The van der Waals surface area contributed by atoms with Crippen molar-refractivity contribution in [2.75, 3.05) is 19.6 Å². The number of hydrogen-bond donors (Lipinski definition) is 1. The van der Waals surface area contributed by atoms with Crippen molar-refractivity contribution in [3.05, 3.63) is 0 Å². The van der Waals surface area contributed by atoms with Crippen LogP contribution in [0.5, 0.6) is 0 Å². The van der Waals surface area contributed by atoms with E-state index in [0.717, 1.165) is 19.5 Å². The zero-order chi connectivity index (χ0) is 11.3. The van der Waals surface area contributed by atoms with Gasteiger partial charge in [-0.25, -0.2) is 8.78 Å². The number of hydrogen-bond acceptors (Lipinski definition) is 2. The van der Waals surface area contributed by atoms with Gasteiger partial charge in [0.2, 0.25) is 11.8 Å². The van der Waals surface area contributed by atoms with Crippen LogP contribution in [0.25, 0.3) is 0 Å². The summed E-state index contributed by atoms with van der Waals surface area (Å²) < 4.78 is 25.1. The van der Waals surface area contributed by atoms with Crippen LogP contribution in [0.3, 0.4) is 0 Å². The van der Waals surface area contributed by atoms with E-state index in [2.05, 4.69) is 10.2 Å². The summed E-state index contributed by atoms with van der Waals surface area (Å²) in [5.41, 5.74) is 0. The van der Waals surface area contributed by atoms with Crippen LogP contribution in [0, 0.1) is 11.8 Å². The predicted octanol–water partition coefficient (Wildman–Crippen LogP) is 0.852. The number of fused-ring (bicyclic) bond motifs is 1. The minimum absolute atomic E-state index is 0.0183. The molecule has 3 aliphatic rings. The van der Waals surface area contributed by atoms with Gasteiger partial charge in [-0.2, -0.15) is 0 Å². The lowest BCUT2D eigenvalue weighted by atomic mass is 9.81. The van der Waals surface area contributed by atoms with Crippen molar-refractivity contribution >= 4 is 5.91 Å². The summed E-state index contributed by atoms with van der Waals surface area (Å²) in [5.74, 6) is -2.34. The number of nitrogens with one attached hydrogen (secondary N) is 1. The van der Waals surface area contributed by atoms with E-state index in [9.17, 15) is 13.6 Å². The summed E-state index contributed by atoms with van der Waals surface area (Å²) in [7, 11) is 0. The van der Waals surface area contributed by atoms with E-state index in [4.69, 9.17) is 0 Å². The first-order valence-electron chi connectivity index (χ1n) is 5.93. The highest BCUT2D eigenvalue weighted by atomic mass is 19.3. The number of piperidine rings is 1. The SMILES string of the molecule is O=C(NCC1CC(F)(F)C1)C1CC2CN2C1. The molecule has 2 heterocycles. The van der Waals surface area contributed by atoms with Gasteiger partial charge < -0.3 is 5.32 Å². The van der Waals surface area contributed by atoms with Crippen molar-refractivity contribution in [2.45, 2.75) is 31.2 Å². The molecule has 0 aromatic rings. The van der Waals surface area contributed by atoms with Gasteiger partial charge in [-0.15, -0.1) is 0 Å². The fourth-order valence-electron chi connectivity index (χ4n) is 2.87. The smallest absolute Gasteiger partial charge is 0.248 e. The summed E-state index contributed by atoms with van der Waals surface area (Å²) >= 11 is 0. The van der Waals surface area contributed by atoms with Gasteiger partial charge in [0.25, 0.3) is 0 Å². The number of rotatable bonds is 3. The largest absolute Gasteiger partial charge is 0.356 e. The molecule has 3 nitrogen and oxygen atoms in total. The molecule has 2 aliphatic heterocycles. The van der Waals surface area contributed by atoms with Gasteiger partial charge in [0.1, 0.15) is 0 Å². The molecule has 3 atom stereocenters. The van der Waals surface area contributed by atoms with Crippen LogP contribution in [-0.4, -0.2) is 42.4 Å². The number of nitrogens with zero attached hydrogens (tertiary/aromatic N) is 1. The van der Waals surface area contributed by atoms with E-state index in [1.54, 1.807) is 0 Å².